The van der Waals surface area contributed by atoms with Crippen LogP contribution in [0.4, 0.5) is 0 Å². The standard InChI is InChI=1S/C14H22O/c1-5-11-6-8-12(9-7-11)10-13(15)14(2,3)4/h5,10H,6-9H2,1-4H3. The molecule has 1 nitrogen and oxygen atoms in total. The monoisotopic (exact) mass is 206 g/mol. The lowest BCUT2D eigenvalue weighted by molar-refractivity contribution is -0.121. The molecule has 0 aromatic rings. The lowest BCUT2D eigenvalue weighted by Gasteiger charge is -2.19. The number of allylic oxidation sites excluding steroid dienone is 4. The SMILES string of the molecule is CC=C1CCC(=CC(=O)C(C)(C)C)CC1. The van der Waals surface area contributed by atoms with Gasteiger partial charge in [-0.25, -0.2) is 0 Å². The van der Waals surface area contributed by atoms with E-state index in [1.165, 1.54) is 11.1 Å². The van der Waals surface area contributed by atoms with Crippen LogP contribution in [0, 0.1) is 5.41 Å². The summed E-state index contributed by atoms with van der Waals surface area (Å²) in [5, 5.41) is 0. The molecule has 0 radical (unpaired) electrons. The lowest BCUT2D eigenvalue weighted by atomic mass is 9.85. The number of ketones is 1. The Morgan fingerprint density at radius 2 is 1.53 bits per heavy atom. The minimum Gasteiger partial charge on any atom is -0.294 e. The van der Waals surface area contributed by atoms with Crippen molar-refractivity contribution in [3.63, 3.8) is 0 Å². The minimum atomic E-state index is -0.228. The predicted octanol–water partition coefficient (Wildman–Crippen LogP) is 4.05. The largest absolute Gasteiger partial charge is 0.294 e. The molecule has 1 aliphatic rings. The van der Waals surface area contributed by atoms with Crippen LogP contribution in [-0.2, 0) is 4.79 Å². The molecule has 0 unspecified atom stereocenters. The zero-order chi connectivity index (χ0) is 11.5. The fourth-order valence-electron chi connectivity index (χ4n) is 1.73. The summed E-state index contributed by atoms with van der Waals surface area (Å²) in [6.07, 6.45) is 8.51. The fourth-order valence-corrected chi connectivity index (χ4v) is 1.73. The minimum absolute atomic E-state index is 0.228. The van der Waals surface area contributed by atoms with Crippen LogP contribution in [0.1, 0.15) is 53.4 Å². The van der Waals surface area contributed by atoms with E-state index in [4.69, 9.17) is 0 Å². The molecule has 1 heteroatoms. The van der Waals surface area contributed by atoms with Crippen LogP contribution in [0.2, 0.25) is 0 Å². The van der Waals surface area contributed by atoms with Gasteiger partial charge in [0, 0.05) is 5.41 Å². The number of carbonyl (C=O) groups excluding carboxylic acids is 1. The predicted molar refractivity (Wildman–Crippen MR) is 64.8 cm³/mol. The molecule has 0 atom stereocenters. The van der Waals surface area contributed by atoms with Crippen molar-refractivity contribution in [2.75, 3.05) is 0 Å². The molecule has 0 heterocycles. The highest BCUT2D eigenvalue weighted by Crippen LogP contribution is 2.28. The van der Waals surface area contributed by atoms with E-state index < -0.39 is 0 Å². The van der Waals surface area contributed by atoms with E-state index in [-0.39, 0.29) is 11.2 Å². The van der Waals surface area contributed by atoms with E-state index >= 15 is 0 Å². The van der Waals surface area contributed by atoms with E-state index in [0.717, 1.165) is 25.7 Å². The molecule has 0 spiro atoms. The lowest BCUT2D eigenvalue weighted by Crippen LogP contribution is -2.18. The van der Waals surface area contributed by atoms with Gasteiger partial charge in [0.1, 0.15) is 0 Å². The molecular formula is C14H22O. The molecule has 84 valence electrons. The van der Waals surface area contributed by atoms with Gasteiger partial charge >= 0.3 is 0 Å². The Labute approximate surface area is 93.3 Å². The van der Waals surface area contributed by atoms with Crippen molar-refractivity contribution in [1.82, 2.24) is 0 Å². The first-order chi connectivity index (χ1) is 6.93. The van der Waals surface area contributed by atoms with E-state index in [0.29, 0.717) is 0 Å². The fraction of sp³-hybridized carbons (Fsp3) is 0.643. The molecule has 0 aromatic carbocycles. The van der Waals surface area contributed by atoms with Gasteiger partial charge in [0.2, 0.25) is 0 Å². The Hall–Kier alpha value is -0.850. The summed E-state index contributed by atoms with van der Waals surface area (Å²) in [6, 6.07) is 0. The van der Waals surface area contributed by atoms with Crippen LogP contribution in [0.25, 0.3) is 0 Å². The normalized spacial score (nSPS) is 17.6. The van der Waals surface area contributed by atoms with Crippen LogP contribution in [-0.4, -0.2) is 5.78 Å². The van der Waals surface area contributed by atoms with E-state index in [1.807, 2.05) is 26.8 Å². The Kier molecular flexibility index (Phi) is 3.90. The molecule has 0 saturated heterocycles. The Morgan fingerprint density at radius 1 is 1.07 bits per heavy atom. The topological polar surface area (TPSA) is 17.1 Å². The first kappa shape index (κ1) is 12.2. The number of hydrogen-bond acceptors (Lipinski definition) is 1. The third-order valence-electron chi connectivity index (χ3n) is 3.02. The van der Waals surface area contributed by atoms with Gasteiger partial charge in [0.25, 0.3) is 0 Å². The smallest absolute Gasteiger partial charge is 0.160 e. The summed E-state index contributed by atoms with van der Waals surface area (Å²) >= 11 is 0. The highest BCUT2D eigenvalue weighted by molar-refractivity contribution is 5.94. The van der Waals surface area contributed by atoms with Gasteiger partial charge in [-0.05, 0) is 38.7 Å². The van der Waals surface area contributed by atoms with Gasteiger partial charge in [-0.1, -0.05) is 38.0 Å². The van der Waals surface area contributed by atoms with Gasteiger partial charge in [-0.3, -0.25) is 4.79 Å². The second kappa shape index (κ2) is 4.78. The molecule has 0 aromatic heterocycles. The second-order valence-corrected chi connectivity index (χ2v) is 5.36. The average Bonchev–Trinajstić information content (AvgIpc) is 2.17. The summed E-state index contributed by atoms with van der Waals surface area (Å²) in [7, 11) is 0. The van der Waals surface area contributed by atoms with Crippen molar-refractivity contribution in [1.29, 1.82) is 0 Å². The Bertz CT molecular complexity index is 288. The second-order valence-electron chi connectivity index (χ2n) is 5.36. The maximum absolute atomic E-state index is 11.8. The van der Waals surface area contributed by atoms with Crippen LogP contribution in [0.15, 0.2) is 23.3 Å². The first-order valence-electron chi connectivity index (χ1n) is 5.81. The highest BCUT2D eigenvalue weighted by Gasteiger charge is 2.20. The average molecular weight is 206 g/mol. The Balaban J connectivity index is 2.61. The van der Waals surface area contributed by atoms with Gasteiger partial charge in [-0.15, -0.1) is 0 Å². The van der Waals surface area contributed by atoms with Crippen molar-refractivity contribution in [2.24, 2.45) is 5.41 Å². The third kappa shape index (κ3) is 3.65. The van der Waals surface area contributed by atoms with Crippen molar-refractivity contribution in [3.05, 3.63) is 23.3 Å². The van der Waals surface area contributed by atoms with Crippen molar-refractivity contribution in [2.45, 2.75) is 53.4 Å². The van der Waals surface area contributed by atoms with Gasteiger partial charge in [0.05, 0.1) is 0 Å². The number of hydrogen-bond donors (Lipinski definition) is 0. The van der Waals surface area contributed by atoms with E-state index in [1.54, 1.807) is 0 Å². The summed E-state index contributed by atoms with van der Waals surface area (Å²) in [6.45, 7) is 8.04. The van der Waals surface area contributed by atoms with Gasteiger partial charge in [-0.2, -0.15) is 0 Å². The maximum Gasteiger partial charge on any atom is 0.160 e. The highest BCUT2D eigenvalue weighted by atomic mass is 16.1. The zero-order valence-corrected chi connectivity index (χ0v) is 10.4. The van der Waals surface area contributed by atoms with Crippen LogP contribution < -0.4 is 0 Å². The molecule has 1 fully saturated rings. The molecule has 1 saturated carbocycles. The maximum atomic E-state index is 11.8. The first-order valence-corrected chi connectivity index (χ1v) is 5.81. The van der Waals surface area contributed by atoms with Crippen molar-refractivity contribution < 1.29 is 4.79 Å². The van der Waals surface area contributed by atoms with Gasteiger partial charge < -0.3 is 0 Å². The van der Waals surface area contributed by atoms with Crippen molar-refractivity contribution >= 4 is 5.78 Å². The summed E-state index contributed by atoms with van der Waals surface area (Å²) < 4.78 is 0. The summed E-state index contributed by atoms with van der Waals surface area (Å²) in [5.74, 6) is 0.265. The molecular weight excluding hydrogens is 184 g/mol. The molecule has 0 amide bonds. The van der Waals surface area contributed by atoms with Gasteiger partial charge in [0.15, 0.2) is 5.78 Å². The Morgan fingerprint density at radius 3 is 1.93 bits per heavy atom. The van der Waals surface area contributed by atoms with E-state index in [9.17, 15) is 4.79 Å². The van der Waals surface area contributed by atoms with Crippen LogP contribution in [0.3, 0.4) is 0 Å². The van der Waals surface area contributed by atoms with E-state index in [2.05, 4.69) is 13.0 Å². The molecule has 0 aliphatic heterocycles. The molecule has 1 aliphatic carbocycles. The number of rotatable bonds is 1. The van der Waals surface area contributed by atoms with Crippen LogP contribution >= 0.6 is 0 Å². The van der Waals surface area contributed by atoms with Crippen molar-refractivity contribution in [3.8, 4) is 0 Å². The molecule has 15 heavy (non-hydrogen) atoms. The summed E-state index contributed by atoms with van der Waals surface area (Å²) in [4.78, 5) is 11.8. The molecule has 1 rings (SSSR count). The number of carbonyl (C=O) groups is 1. The third-order valence-corrected chi connectivity index (χ3v) is 3.02. The van der Waals surface area contributed by atoms with Crippen LogP contribution in [0.5, 0.6) is 0 Å². The molecule has 0 N–H and O–H groups in total. The zero-order valence-electron chi connectivity index (χ0n) is 10.4. The quantitative estimate of drug-likeness (QED) is 0.467. The summed E-state index contributed by atoms with van der Waals surface area (Å²) in [5.41, 5.74) is 2.64. The molecule has 0 bridgehead atoms.